The standard InChI is InChI=1S/C16H29N5O6/c1-14(2,3)25-11(22)18-10(19-12(23)26-15(4,5)6)21(20-17)13(24)27-16(7,8)9/h17H,1-9H3,(H,18,19,22,23). The zero-order valence-corrected chi connectivity index (χ0v) is 17.3. The summed E-state index contributed by atoms with van der Waals surface area (Å²) in [7, 11) is 0. The van der Waals surface area contributed by atoms with Crippen molar-refractivity contribution in [3.63, 3.8) is 0 Å². The van der Waals surface area contributed by atoms with Crippen LogP contribution in [0, 0.1) is 5.53 Å². The van der Waals surface area contributed by atoms with Crippen molar-refractivity contribution in [1.29, 1.82) is 5.53 Å². The van der Waals surface area contributed by atoms with Crippen molar-refractivity contribution < 1.29 is 28.6 Å². The molecule has 154 valence electrons. The van der Waals surface area contributed by atoms with Crippen molar-refractivity contribution in [2.45, 2.75) is 79.1 Å². The van der Waals surface area contributed by atoms with E-state index in [0.717, 1.165) is 0 Å². The smallest absolute Gasteiger partial charge is 0.439 e. The number of guanidine groups is 1. The molecule has 27 heavy (non-hydrogen) atoms. The highest BCUT2D eigenvalue weighted by atomic mass is 16.6. The van der Waals surface area contributed by atoms with Crippen LogP contribution in [0.25, 0.3) is 0 Å². The number of ether oxygens (including phenoxy) is 3. The topological polar surface area (TPSA) is 143 Å². The number of rotatable bonds is 1. The number of alkyl carbamates (subject to hydrolysis) is 1. The van der Waals surface area contributed by atoms with Crippen LogP contribution in [0.15, 0.2) is 10.2 Å². The fraction of sp³-hybridized carbons (Fsp3) is 0.750. The summed E-state index contributed by atoms with van der Waals surface area (Å²) >= 11 is 0. The van der Waals surface area contributed by atoms with Gasteiger partial charge >= 0.3 is 18.3 Å². The Morgan fingerprint density at radius 2 is 1.26 bits per heavy atom. The van der Waals surface area contributed by atoms with Gasteiger partial charge in [0.2, 0.25) is 5.96 Å². The van der Waals surface area contributed by atoms with E-state index >= 15 is 0 Å². The van der Waals surface area contributed by atoms with E-state index in [1.165, 1.54) is 0 Å². The lowest BCUT2D eigenvalue weighted by molar-refractivity contribution is 0.0345. The molecule has 0 aromatic heterocycles. The second-order valence-electron chi connectivity index (χ2n) is 8.43. The maximum absolute atomic E-state index is 12.2. The Labute approximate surface area is 158 Å². The third-order valence-corrected chi connectivity index (χ3v) is 2.07. The van der Waals surface area contributed by atoms with E-state index in [1.54, 1.807) is 62.3 Å². The lowest BCUT2D eigenvalue weighted by atomic mass is 10.2. The van der Waals surface area contributed by atoms with Crippen LogP contribution in [0.3, 0.4) is 0 Å². The third-order valence-electron chi connectivity index (χ3n) is 2.07. The molecule has 0 aromatic carbocycles. The highest BCUT2D eigenvalue weighted by molar-refractivity contribution is 6.04. The Balaban J connectivity index is 5.73. The fourth-order valence-electron chi connectivity index (χ4n) is 1.37. The zero-order valence-electron chi connectivity index (χ0n) is 17.3. The number of hydrogen-bond donors (Lipinski definition) is 2. The average molecular weight is 387 g/mol. The number of carbonyl (C=O) groups excluding carboxylic acids is 3. The summed E-state index contributed by atoms with van der Waals surface area (Å²) in [6.45, 7) is 14.5. The van der Waals surface area contributed by atoms with Gasteiger partial charge in [-0.3, -0.25) is 5.32 Å². The van der Waals surface area contributed by atoms with Crippen LogP contribution >= 0.6 is 0 Å². The average Bonchev–Trinajstić information content (AvgIpc) is 2.31. The highest BCUT2D eigenvalue weighted by Crippen LogP contribution is 2.13. The maximum atomic E-state index is 12.2. The molecule has 0 radical (unpaired) electrons. The van der Waals surface area contributed by atoms with Gasteiger partial charge in [-0.2, -0.15) is 5.53 Å². The summed E-state index contributed by atoms with van der Waals surface area (Å²) in [6.07, 6.45) is -3.25. The van der Waals surface area contributed by atoms with Gasteiger partial charge in [-0.1, -0.05) is 5.22 Å². The van der Waals surface area contributed by atoms with Crippen LogP contribution in [-0.4, -0.2) is 46.1 Å². The molecule has 11 heteroatoms. The number of hydrogen-bond acceptors (Lipinski definition) is 8. The number of aliphatic imine (C=N–C) groups is 1. The summed E-state index contributed by atoms with van der Waals surface area (Å²) < 4.78 is 15.2. The van der Waals surface area contributed by atoms with E-state index in [9.17, 15) is 14.4 Å². The lowest BCUT2D eigenvalue weighted by Crippen LogP contribution is -2.48. The minimum Gasteiger partial charge on any atom is -0.444 e. The summed E-state index contributed by atoms with van der Waals surface area (Å²) in [4.78, 5) is 39.7. The van der Waals surface area contributed by atoms with Crippen molar-refractivity contribution in [3.05, 3.63) is 0 Å². The van der Waals surface area contributed by atoms with Gasteiger partial charge in [0.15, 0.2) is 0 Å². The third kappa shape index (κ3) is 11.5. The van der Waals surface area contributed by atoms with Gasteiger partial charge in [0.25, 0.3) is 0 Å². The SMILES string of the molecule is CC(C)(C)OC(=O)N=C(NC(=O)OC(C)(C)C)N(N=N)C(=O)OC(C)(C)C. The highest BCUT2D eigenvalue weighted by Gasteiger charge is 2.30. The van der Waals surface area contributed by atoms with Gasteiger partial charge in [0, 0.05) is 0 Å². The van der Waals surface area contributed by atoms with Crippen molar-refractivity contribution in [2.24, 2.45) is 10.2 Å². The Morgan fingerprint density at radius 1 is 0.815 bits per heavy atom. The van der Waals surface area contributed by atoms with Crippen molar-refractivity contribution >= 4 is 24.2 Å². The van der Waals surface area contributed by atoms with Gasteiger partial charge in [-0.05, 0) is 62.3 Å². The molecule has 2 N–H and O–H groups in total. The Kier molecular flexibility index (Phi) is 7.90. The van der Waals surface area contributed by atoms with Gasteiger partial charge in [0.1, 0.15) is 16.8 Å². The summed E-state index contributed by atoms with van der Waals surface area (Å²) in [5.74, 6) is -0.692. The predicted octanol–water partition coefficient (Wildman–Crippen LogP) is 3.99. The van der Waals surface area contributed by atoms with Crippen LogP contribution < -0.4 is 5.32 Å². The molecule has 0 bridgehead atoms. The summed E-state index contributed by atoms with van der Waals surface area (Å²) in [6, 6.07) is 0. The van der Waals surface area contributed by atoms with E-state index in [1.807, 2.05) is 0 Å². The van der Waals surface area contributed by atoms with Crippen LogP contribution in [0.5, 0.6) is 0 Å². The van der Waals surface area contributed by atoms with E-state index in [0.29, 0.717) is 5.01 Å². The number of nitrogens with one attached hydrogen (secondary N) is 2. The van der Waals surface area contributed by atoms with E-state index in [-0.39, 0.29) is 0 Å². The first-order valence-electron chi connectivity index (χ1n) is 8.16. The largest absolute Gasteiger partial charge is 0.444 e. The first-order valence-corrected chi connectivity index (χ1v) is 8.16. The van der Waals surface area contributed by atoms with Crippen LogP contribution in [0.4, 0.5) is 14.4 Å². The molecule has 0 rings (SSSR count). The molecule has 0 fully saturated rings. The molecule has 0 atom stereocenters. The second kappa shape index (κ2) is 8.78. The van der Waals surface area contributed by atoms with Gasteiger partial charge in [-0.15, -0.1) is 10.0 Å². The van der Waals surface area contributed by atoms with Crippen molar-refractivity contribution in [2.75, 3.05) is 0 Å². The monoisotopic (exact) mass is 387 g/mol. The molecular formula is C16H29N5O6. The number of amides is 3. The van der Waals surface area contributed by atoms with Gasteiger partial charge in [-0.25, -0.2) is 14.4 Å². The molecule has 0 aromatic rings. The molecule has 0 saturated heterocycles. The molecule has 0 aliphatic heterocycles. The molecule has 0 saturated carbocycles. The van der Waals surface area contributed by atoms with E-state index in [2.05, 4.69) is 15.5 Å². The number of nitrogens with zero attached hydrogens (tertiary/aromatic N) is 3. The van der Waals surface area contributed by atoms with Crippen LogP contribution in [0.2, 0.25) is 0 Å². The molecule has 3 amide bonds. The molecule has 0 aliphatic rings. The fourth-order valence-corrected chi connectivity index (χ4v) is 1.37. The van der Waals surface area contributed by atoms with E-state index < -0.39 is 41.0 Å². The zero-order chi connectivity index (χ0) is 21.6. The Bertz CT molecular complexity index is 610. The molecule has 0 aliphatic carbocycles. The van der Waals surface area contributed by atoms with Crippen LogP contribution in [0.1, 0.15) is 62.3 Å². The molecule has 0 heterocycles. The number of carbonyl (C=O) groups is 3. The molecular weight excluding hydrogens is 358 g/mol. The lowest BCUT2D eigenvalue weighted by Gasteiger charge is -2.25. The quantitative estimate of drug-likeness (QED) is 0.229. The minimum atomic E-state index is -1.13. The Hall–Kier alpha value is -2.72. The molecule has 11 nitrogen and oxygen atoms in total. The van der Waals surface area contributed by atoms with Gasteiger partial charge in [0.05, 0.1) is 0 Å². The Morgan fingerprint density at radius 3 is 1.63 bits per heavy atom. The van der Waals surface area contributed by atoms with Gasteiger partial charge < -0.3 is 14.2 Å². The first kappa shape index (κ1) is 24.3. The summed E-state index contributed by atoms with van der Waals surface area (Å²) in [5, 5.41) is 5.38. The van der Waals surface area contributed by atoms with Crippen LogP contribution in [-0.2, 0) is 14.2 Å². The first-order chi connectivity index (χ1) is 11.9. The predicted molar refractivity (Wildman–Crippen MR) is 96.3 cm³/mol. The molecule has 0 unspecified atom stereocenters. The van der Waals surface area contributed by atoms with E-state index in [4.69, 9.17) is 19.7 Å². The normalized spacial score (nSPS) is 12.7. The second-order valence-corrected chi connectivity index (χ2v) is 8.43. The minimum absolute atomic E-state index is 0.305. The van der Waals surface area contributed by atoms with Crippen molar-refractivity contribution in [3.8, 4) is 0 Å². The summed E-state index contributed by atoms with van der Waals surface area (Å²) in [5.41, 5.74) is 4.57. The molecule has 0 spiro atoms. The maximum Gasteiger partial charge on any atom is 0.439 e. The van der Waals surface area contributed by atoms with Crippen molar-refractivity contribution in [1.82, 2.24) is 10.3 Å².